The standard InChI is InChI=1S/C21H29N3O4S/c1-15-3-4-16(2)19(11-15)29(27,28)24-9-7-22(8-10-24)21(26)18-12-20(25)23(14-18)13-17-5-6-17/h3-4,11,17-18H,5-10,12-14H2,1-2H3/t18-/m1/s1. The summed E-state index contributed by atoms with van der Waals surface area (Å²) in [5.41, 5.74) is 1.64. The van der Waals surface area contributed by atoms with Crippen LogP contribution in [0.25, 0.3) is 0 Å². The highest BCUT2D eigenvalue weighted by Crippen LogP contribution is 2.32. The number of rotatable bonds is 5. The van der Waals surface area contributed by atoms with E-state index in [1.807, 2.05) is 24.0 Å². The molecule has 2 amide bonds. The van der Waals surface area contributed by atoms with Crippen molar-refractivity contribution in [2.45, 2.75) is 38.0 Å². The Kier molecular flexibility index (Phi) is 5.42. The van der Waals surface area contributed by atoms with Gasteiger partial charge in [0.1, 0.15) is 0 Å². The smallest absolute Gasteiger partial charge is 0.243 e. The average Bonchev–Trinajstić information content (AvgIpc) is 3.44. The van der Waals surface area contributed by atoms with Gasteiger partial charge in [-0.2, -0.15) is 4.31 Å². The largest absolute Gasteiger partial charge is 0.342 e. The van der Waals surface area contributed by atoms with E-state index in [0.29, 0.717) is 30.4 Å². The van der Waals surface area contributed by atoms with Crippen molar-refractivity contribution in [2.24, 2.45) is 11.8 Å². The Morgan fingerprint density at radius 3 is 2.45 bits per heavy atom. The quantitative estimate of drug-likeness (QED) is 0.723. The van der Waals surface area contributed by atoms with Gasteiger partial charge in [0.2, 0.25) is 21.8 Å². The van der Waals surface area contributed by atoms with E-state index >= 15 is 0 Å². The van der Waals surface area contributed by atoms with E-state index < -0.39 is 10.0 Å². The topological polar surface area (TPSA) is 78.0 Å². The third-order valence-electron chi connectivity index (χ3n) is 6.25. The lowest BCUT2D eigenvalue weighted by Gasteiger charge is -2.35. The maximum atomic E-state index is 13.1. The van der Waals surface area contributed by atoms with Crippen molar-refractivity contribution < 1.29 is 18.0 Å². The fourth-order valence-electron chi connectivity index (χ4n) is 4.26. The molecule has 1 aromatic carbocycles. The molecule has 7 nitrogen and oxygen atoms in total. The molecule has 2 heterocycles. The molecule has 1 saturated carbocycles. The van der Waals surface area contributed by atoms with Gasteiger partial charge >= 0.3 is 0 Å². The summed E-state index contributed by atoms with van der Waals surface area (Å²) in [6.45, 7) is 6.29. The Morgan fingerprint density at radius 1 is 1.10 bits per heavy atom. The van der Waals surface area contributed by atoms with Gasteiger partial charge in [-0.25, -0.2) is 8.42 Å². The summed E-state index contributed by atoms with van der Waals surface area (Å²) in [6.07, 6.45) is 2.64. The molecule has 2 saturated heterocycles. The summed E-state index contributed by atoms with van der Waals surface area (Å²) < 4.78 is 27.6. The zero-order valence-electron chi connectivity index (χ0n) is 17.1. The molecular formula is C21H29N3O4S. The van der Waals surface area contributed by atoms with Crippen LogP contribution < -0.4 is 0 Å². The number of hydrogen-bond donors (Lipinski definition) is 0. The molecule has 2 aliphatic heterocycles. The van der Waals surface area contributed by atoms with E-state index in [4.69, 9.17) is 0 Å². The van der Waals surface area contributed by atoms with Gasteiger partial charge in [-0.3, -0.25) is 9.59 Å². The molecule has 0 aromatic heterocycles. The van der Waals surface area contributed by atoms with E-state index in [1.54, 1.807) is 17.9 Å². The van der Waals surface area contributed by atoms with Gasteiger partial charge in [-0.1, -0.05) is 12.1 Å². The average molecular weight is 420 g/mol. The number of aryl methyl sites for hydroxylation is 2. The minimum Gasteiger partial charge on any atom is -0.342 e. The monoisotopic (exact) mass is 419 g/mol. The lowest BCUT2D eigenvalue weighted by atomic mass is 10.1. The van der Waals surface area contributed by atoms with Gasteiger partial charge in [0, 0.05) is 45.7 Å². The number of carbonyl (C=O) groups is 2. The number of hydrogen-bond acceptors (Lipinski definition) is 4. The Morgan fingerprint density at radius 2 is 1.79 bits per heavy atom. The second-order valence-corrected chi connectivity index (χ2v) is 10.5. The number of sulfonamides is 1. The van der Waals surface area contributed by atoms with Crippen LogP contribution in [0.3, 0.4) is 0 Å². The highest BCUT2D eigenvalue weighted by Gasteiger charge is 2.40. The predicted molar refractivity (Wildman–Crippen MR) is 109 cm³/mol. The van der Waals surface area contributed by atoms with Gasteiger partial charge in [0.15, 0.2) is 0 Å². The van der Waals surface area contributed by atoms with Crippen molar-refractivity contribution in [3.8, 4) is 0 Å². The molecule has 158 valence electrons. The fourth-order valence-corrected chi connectivity index (χ4v) is 5.99. The third kappa shape index (κ3) is 4.19. The van der Waals surface area contributed by atoms with Crippen LogP contribution in [0.15, 0.2) is 23.1 Å². The Labute approximate surface area is 172 Å². The first-order chi connectivity index (χ1) is 13.8. The predicted octanol–water partition coefficient (Wildman–Crippen LogP) is 1.39. The summed E-state index contributed by atoms with van der Waals surface area (Å²) in [4.78, 5) is 29.0. The zero-order chi connectivity index (χ0) is 20.8. The summed E-state index contributed by atoms with van der Waals surface area (Å²) in [6, 6.07) is 5.44. The maximum Gasteiger partial charge on any atom is 0.243 e. The molecule has 3 aliphatic rings. The van der Waals surface area contributed by atoms with Crippen LogP contribution in [0, 0.1) is 25.7 Å². The fraction of sp³-hybridized carbons (Fsp3) is 0.619. The van der Waals surface area contributed by atoms with Gasteiger partial charge < -0.3 is 9.80 Å². The molecule has 4 rings (SSSR count). The summed E-state index contributed by atoms with van der Waals surface area (Å²) in [5, 5.41) is 0. The van der Waals surface area contributed by atoms with Gasteiger partial charge in [-0.15, -0.1) is 0 Å². The zero-order valence-corrected chi connectivity index (χ0v) is 18.0. The van der Waals surface area contributed by atoms with Gasteiger partial charge in [-0.05, 0) is 49.8 Å². The van der Waals surface area contributed by atoms with Crippen LogP contribution in [-0.2, 0) is 19.6 Å². The van der Waals surface area contributed by atoms with Crippen molar-refractivity contribution in [2.75, 3.05) is 39.3 Å². The molecular weight excluding hydrogens is 390 g/mol. The SMILES string of the molecule is Cc1ccc(C)c(S(=O)(=O)N2CCN(C(=O)[C@@H]3CC(=O)N(CC4CC4)C3)CC2)c1. The van der Waals surface area contributed by atoms with E-state index in [1.165, 1.54) is 17.1 Å². The number of benzene rings is 1. The normalized spacial score (nSPS) is 23.7. The van der Waals surface area contributed by atoms with Crippen LogP contribution >= 0.6 is 0 Å². The van der Waals surface area contributed by atoms with E-state index in [0.717, 1.165) is 17.7 Å². The summed E-state index contributed by atoms with van der Waals surface area (Å²) in [7, 11) is -3.57. The second kappa shape index (κ2) is 7.72. The Hall–Kier alpha value is -1.93. The molecule has 0 unspecified atom stereocenters. The van der Waals surface area contributed by atoms with Crippen molar-refractivity contribution in [1.29, 1.82) is 0 Å². The maximum absolute atomic E-state index is 13.1. The van der Waals surface area contributed by atoms with Crippen LogP contribution in [0.4, 0.5) is 0 Å². The van der Waals surface area contributed by atoms with Crippen LogP contribution in [0.1, 0.15) is 30.4 Å². The highest BCUT2D eigenvalue weighted by molar-refractivity contribution is 7.89. The molecule has 0 spiro atoms. The summed E-state index contributed by atoms with van der Waals surface area (Å²) >= 11 is 0. The van der Waals surface area contributed by atoms with Crippen molar-refractivity contribution in [1.82, 2.24) is 14.1 Å². The van der Waals surface area contributed by atoms with Gasteiger partial charge in [0.25, 0.3) is 0 Å². The Bertz CT molecular complexity index is 918. The molecule has 1 atom stereocenters. The van der Waals surface area contributed by atoms with E-state index in [2.05, 4.69) is 0 Å². The van der Waals surface area contributed by atoms with Gasteiger partial charge in [0.05, 0.1) is 10.8 Å². The van der Waals surface area contributed by atoms with Crippen LogP contribution in [0.2, 0.25) is 0 Å². The lowest BCUT2D eigenvalue weighted by molar-refractivity contribution is -0.137. The first-order valence-electron chi connectivity index (χ1n) is 10.4. The Balaban J connectivity index is 1.37. The van der Waals surface area contributed by atoms with Crippen molar-refractivity contribution >= 4 is 21.8 Å². The molecule has 1 aromatic rings. The highest BCUT2D eigenvalue weighted by atomic mass is 32.2. The molecule has 1 aliphatic carbocycles. The number of piperazine rings is 1. The first-order valence-corrected chi connectivity index (χ1v) is 11.8. The molecule has 3 fully saturated rings. The number of nitrogens with zero attached hydrogens (tertiary/aromatic N) is 3. The number of likely N-dealkylation sites (tertiary alicyclic amines) is 1. The third-order valence-corrected chi connectivity index (χ3v) is 8.29. The van der Waals surface area contributed by atoms with E-state index in [-0.39, 0.29) is 37.2 Å². The molecule has 0 N–H and O–H groups in total. The summed E-state index contributed by atoms with van der Waals surface area (Å²) in [5.74, 6) is 0.391. The minimum absolute atomic E-state index is 0.0135. The van der Waals surface area contributed by atoms with Crippen LogP contribution in [0.5, 0.6) is 0 Å². The first kappa shape index (κ1) is 20.3. The van der Waals surface area contributed by atoms with Crippen LogP contribution in [-0.4, -0.2) is 73.6 Å². The number of amides is 2. The lowest BCUT2D eigenvalue weighted by Crippen LogP contribution is -2.52. The molecule has 0 radical (unpaired) electrons. The molecule has 8 heteroatoms. The second-order valence-electron chi connectivity index (χ2n) is 8.64. The molecule has 0 bridgehead atoms. The van der Waals surface area contributed by atoms with Crippen molar-refractivity contribution in [3.05, 3.63) is 29.3 Å². The van der Waals surface area contributed by atoms with E-state index in [9.17, 15) is 18.0 Å². The number of carbonyl (C=O) groups excluding carboxylic acids is 2. The van der Waals surface area contributed by atoms with Crippen molar-refractivity contribution in [3.63, 3.8) is 0 Å². The minimum atomic E-state index is -3.57. The molecule has 29 heavy (non-hydrogen) atoms.